The zero-order valence-electron chi connectivity index (χ0n) is 7.46. The van der Waals surface area contributed by atoms with Crippen LogP contribution in [0.25, 0.3) is 0 Å². The van der Waals surface area contributed by atoms with E-state index < -0.39 is 0 Å². The predicted octanol–water partition coefficient (Wildman–Crippen LogP) is 1.53. The molecule has 0 aliphatic heterocycles. The second kappa shape index (κ2) is 5.59. The molecule has 0 atom stereocenters. The number of hydrogen-bond acceptors (Lipinski definition) is 4. The van der Waals surface area contributed by atoms with E-state index in [1.54, 1.807) is 12.3 Å². The first-order chi connectivity index (χ1) is 6.36. The Balaban J connectivity index is 2.56. The van der Waals surface area contributed by atoms with Crippen molar-refractivity contribution in [3.8, 4) is 5.88 Å². The number of halogens is 1. The summed E-state index contributed by atoms with van der Waals surface area (Å²) in [6, 6.07) is 1.72. The number of rotatable bonds is 5. The molecular formula is C8H12ClN3O. The molecule has 0 radical (unpaired) electrons. The summed E-state index contributed by atoms with van der Waals surface area (Å²) in [5, 5.41) is 2.96. The summed E-state index contributed by atoms with van der Waals surface area (Å²) in [5.41, 5.74) is 0. The fourth-order valence-corrected chi connectivity index (χ4v) is 0.909. The number of anilines is 1. The monoisotopic (exact) mass is 201 g/mol. The average Bonchev–Trinajstić information content (AvgIpc) is 2.16. The van der Waals surface area contributed by atoms with Gasteiger partial charge in [0.05, 0.1) is 6.61 Å². The van der Waals surface area contributed by atoms with Crippen LogP contribution in [-0.2, 0) is 0 Å². The smallest absolute Gasteiger partial charge is 0.225 e. The summed E-state index contributed by atoms with van der Waals surface area (Å²) >= 11 is 5.50. The molecule has 0 spiro atoms. The normalized spacial score (nSPS) is 9.69. The lowest BCUT2D eigenvalue weighted by Gasteiger charge is -2.04. The Hall–Kier alpha value is -1.03. The molecule has 5 heteroatoms. The lowest BCUT2D eigenvalue weighted by Crippen LogP contribution is -2.06. The fourth-order valence-electron chi connectivity index (χ4n) is 0.815. The van der Waals surface area contributed by atoms with Crippen LogP contribution in [0.4, 0.5) is 5.95 Å². The van der Waals surface area contributed by atoms with Gasteiger partial charge in [-0.1, -0.05) is 0 Å². The minimum absolute atomic E-state index is 0.530. The second-order valence-electron chi connectivity index (χ2n) is 2.27. The van der Waals surface area contributed by atoms with Crippen LogP contribution < -0.4 is 10.1 Å². The summed E-state index contributed by atoms with van der Waals surface area (Å²) in [6.07, 6.45) is 1.65. The number of hydrogen-bond donors (Lipinski definition) is 1. The SMILES string of the molecule is CCOc1ccnc(NCCCl)n1. The predicted molar refractivity (Wildman–Crippen MR) is 52.4 cm³/mol. The Kier molecular flexibility index (Phi) is 4.32. The molecule has 0 unspecified atom stereocenters. The Labute approximate surface area is 82.3 Å². The van der Waals surface area contributed by atoms with Gasteiger partial charge in [-0.25, -0.2) is 4.98 Å². The first-order valence-corrected chi connectivity index (χ1v) is 4.66. The van der Waals surface area contributed by atoms with Gasteiger partial charge in [-0.15, -0.1) is 11.6 Å². The zero-order valence-corrected chi connectivity index (χ0v) is 8.21. The fraction of sp³-hybridized carbons (Fsp3) is 0.500. The first kappa shape index (κ1) is 10.1. The van der Waals surface area contributed by atoms with Crippen LogP contribution in [-0.4, -0.2) is 29.0 Å². The summed E-state index contributed by atoms with van der Waals surface area (Å²) < 4.78 is 5.20. The van der Waals surface area contributed by atoms with Crippen molar-refractivity contribution in [2.45, 2.75) is 6.92 Å². The van der Waals surface area contributed by atoms with E-state index in [9.17, 15) is 0 Å². The molecule has 0 aliphatic carbocycles. The van der Waals surface area contributed by atoms with E-state index in [0.717, 1.165) is 0 Å². The molecule has 1 N–H and O–H groups in total. The molecule has 0 aliphatic rings. The number of aromatic nitrogens is 2. The molecule has 13 heavy (non-hydrogen) atoms. The van der Waals surface area contributed by atoms with Gasteiger partial charge in [0.1, 0.15) is 0 Å². The molecule has 72 valence electrons. The van der Waals surface area contributed by atoms with Gasteiger partial charge in [0, 0.05) is 24.7 Å². The van der Waals surface area contributed by atoms with Crippen LogP contribution in [0.15, 0.2) is 12.3 Å². The van der Waals surface area contributed by atoms with Crippen molar-refractivity contribution in [1.29, 1.82) is 0 Å². The van der Waals surface area contributed by atoms with Crippen molar-refractivity contribution in [2.75, 3.05) is 24.3 Å². The Bertz CT molecular complexity index is 257. The maximum absolute atomic E-state index is 5.50. The van der Waals surface area contributed by atoms with E-state index in [4.69, 9.17) is 16.3 Å². The van der Waals surface area contributed by atoms with Crippen LogP contribution in [0.5, 0.6) is 5.88 Å². The minimum atomic E-state index is 0.530. The highest BCUT2D eigenvalue weighted by molar-refractivity contribution is 6.18. The Morgan fingerprint density at radius 1 is 1.62 bits per heavy atom. The highest BCUT2D eigenvalue weighted by Crippen LogP contribution is 2.07. The standard InChI is InChI=1S/C8H12ClN3O/c1-2-13-7-3-5-10-8(12-7)11-6-4-9/h3,5H,2,4,6H2,1H3,(H,10,11,12). The maximum Gasteiger partial charge on any atom is 0.225 e. The summed E-state index contributed by atoms with van der Waals surface area (Å²) in [4.78, 5) is 8.10. The van der Waals surface area contributed by atoms with Crippen molar-refractivity contribution < 1.29 is 4.74 Å². The third kappa shape index (κ3) is 3.46. The molecule has 0 saturated carbocycles. The first-order valence-electron chi connectivity index (χ1n) is 4.12. The van der Waals surface area contributed by atoms with Crippen molar-refractivity contribution in [2.24, 2.45) is 0 Å². The molecule has 0 saturated heterocycles. The lowest BCUT2D eigenvalue weighted by atomic mass is 10.6. The van der Waals surface area contributed by atoms with E-state index in [2.05, 4.69) is 15.3 Å². The Morgan fingerprint density at radius 2 is 2.46 bits per heavy atom. The largest absolute Gasteiger partial charge is 0.478 e. The van der Waals surface area contributed by atoms with Gasteiger partial charge < -0.3 is 10.1 Å². The molecule has 0 aromatic carbocycles. The molecule has 0 bridgehead atoms. The molecule has 1 rings (SSSR count). The lowest BCUT2D eigenvalue weighted by molar-refractivity contribution is 0.326. The number of nitrogens with one attached hydrogen (secondary N) is 1. The van der Waals surface area contributed by atoms with Crippen LogP contribution in [0.2, 0.25) is 0 Å². The zero-order chi connectivity index (χ0) is 9.52. The number of nitrogens with zero attached hydrogens (tertiary/aromatic N) is 2. The van der Waals surface area contributed by atoms with Gasteiger partial charge in [-0.3, -0.25) is 0 Å². The number of ether oxygens (including phenoxy) is 1. The van der Waals surface area contributed by atoms with Crippen molar-refractivity contribution >= 4 is 17.5 Å². The van der Waals surface area contributed by atoms with E-state index in [-0.39, 0.29) is 0 Å². The molecular weight excluding hydrogens is 190 g/mol. The quantitative estimate of drug-likeness (QED) is 0.734. The van der Waals surface area contributed by atoms with Gasteiger partial charge in [0.25, 0.3) is 0 Å². The van der Waals surface area contributed by atoms with Gasteiger partial charge in [-0.05, 0) is 6.92 Å². The Morgan fingerprint density at radius 3 is 3.15 bits per heavy atom. The second-order valence-corrected chi connectivity index (χ2v) is 2.65. The van der Waals surface area contributed by atoms with Gasteiger partial charge in [0.2, 0.25) is 11.8 Å². The van der Waals surface area contributed by atoms with Crippen LogP contribution >= 0.6 is 11.6 Å². The maximum atomic E-state index is 5.50. The molecule has 1 aromatic rings. The van der Waals surface area contributed by atoms with Gasteiger partial charge in [0.15, 0.2) is 0 Å². The third-order valence-electron chi connectivity index (χ3n) is 1.30. The molecule has 4 nitrogen and oxygen atoms in total. The van der Waals surface area contributed by atoms with Gasteiger partial charge >= 0.3 is 0 Å². The van der Waals surface area contributed by atoms with E-state index in [0.29, 0.717) is 30.9 Å². The van der Waals surface area contributed by atoms with Crippen LogP contribution in [0.3, 0.4) is 0 Å². The highest BCUT2D eigenvalue weighted by Gasteiger charge is 1.97. The van der Waals surface area contributed by atoms with E-state index in [1.165, 1.54) is 0 Å². The minimum Gasteiger partial charge on any atom is -0.478 e. The average molecular weight is 202 g/mol. The van der Waals surface area contributed by atoms with Crippen LogP contribution in [0, 0.1) is 0 Å². The van der Waals surface area contributed by atoms with Crippen molar-refractivity contribution in [1.82, 2.24) is 9.97 Å². The topological polar surface area (TPSA) is 47.0 Å². The number of alkyl halides is 1. The van der Waals surface area contributed by atoms with E-state index >= 15 is 0 Å². The molecule has 0 fully saturated rings. The van der Waals surface area contributed by atoms with Crippen LogP contribution in [0.1, 0.15) is 6.92 Å². The summed E-state index contributed by atoms with van der Waals surface area (Å²) in [6.45, 7) is 3.16. The molecule has 0 amide bonds. The third-order valence-corrected chi connectivity index (χ3v) is 1.49. The van der Waals surface area contributed by atoms with Crippen molar-refractivity contribution in [3.63, 3.8) is 0 Å². The molecule has 1 heterocycles. The summed E-state index contributed by atoms with van der Waals surface area (Å²) in [5.74, 6) is 1.66. The molecule has 1 aromatic heterocycles. The van der Waals surface area contributed by atoms with E-state index in [1.807, 2.05) is 6.92 Å². The van der Waals surface area contributed by atoms with Gasteiger partial charge in [-0.2, -0.15) is 4.98 Å². The van der Waals surface area contributed by atoms with Crippen molar-refractivity contribution in [3.05, 3.63) is 12.3 Å². The summed E-state index contributed by atoms with van der Waals surface area (Å²) in [7, 11) is 0. The highest BCUT2D eigenvalue weighted by atomic mass is 35.5.